The number of rotatable bonds is 2. The highest BCUT2D eigenvalue weighted by Crippen LogP contribution is 2.31. The van der Waals surface area contributed by atoms with E-state index in [1.165, 1.54) is 0 Å². The number of nitrogens with zero attached hydrogens (tertiary/aromatic N) is 1. The van der Waals surface area contributed by atoms with E-state index in [0.29, 0.717) is 17.2 Å². The largest absolute Gasteiger partial charge is 0.497 e. The van der Waals surface area contributed by atoms with Gasteiger partial charge in [0.25, 0.3) is 0 Å². The number of benzene rings is 2. The summed E-state index contributed by atoms with van der Waals surface area (Å²) in [6.45, 7) is 0. The van der Waals surface area contributed by atoms with Gasteiger partial charge in [-0.05, 0) is 30.3 Å². The summed E-state index contributed by atoms with van der Waals surface area (Å²) in [7, 11) is 1.63. The summed E-state index contributed by atoms with van der Waals surface area (Å²) >= 11 is 3.39. The van der Waals surface area contributed by atoms with Crippen molar-refractivity contribution in [3.63, 3.8) is 0 Å². The van der Waals surface area contributed by atoms with Crippen LogP contribution in [-0.2, 0) is 0 Å². The molecule has 0 unspecified atom stereocenters. The molecule has 0 aliphatic heterocycles. The van der Waals surface area contributed by atoms with Crippen LogP contribution in [0.1, 0.15) is 0 Å². The molecule has 0 amide bonds. The molecular formula is C14H11BrN2O2. The van der Waals surface area contributed by atoms with Gasteiger partial charge in [-0.25, -0.2) is 4.98 Å². The highest BCUT2D eigenvalue weighted by Gasteiger charge is 2.11. The molecule has 0 spiro atoms. The minimum absolute atomic E-state index is 0.527. The molecule has 0 aliphatic rings. The maximum atomic E-state index is 5.92. The molecule has 3 rings (SSSR count). The average molecular weight is 319 g/mol. The van der Waals surface area contributed by atoms with Crippen molar-refractivity contribution in [2.45, 2.75) is 0 Å². The lowest BCUT2D eigenvalue weighted by atomic mass is 10.2. The number of hydrogen-bond donors (Lipinski definition) is 1. The maximum Gasteiger partial charge on any atom is 0.227 e. The molecule has 96 valence electrons. The second-order valence-electron chi connectivity index (χ2n) is 4.09. The normalized spacial score (nSPS) is 10.8. The van der Waals surface area contributed by atoms with E-state index >= 15 is 0 Å². The fraction of sp³-hybridized carbons (Fsp3) is 0.0714. The summed E-state index contributed by atoms with van der Waals surface area (Å²) in [6, 6.07) is 11.2. The molecule has 0 fully saturated rings. The first-order chi connectivity index (χ1) is 9.17. The lowest BCUT2D eigenvalue weighted by Gasteiger charge is -2.00. The summed E-state index contributed by atoms with van der Waals surface area (Å²) in [5.41, 5.74) is 8.65. The van der Waals surface area contributed by atoms with Crippen LogP contribution in [0, 0.1) is 0 Å². The van der Waals surface area contributed by atoms with Gasteiger partial charge in [-0.2, -0.15) is 0 Å². The van der Waals surface area contributed by atoms with Crippen LogP contribution in [0.2, 0.25) is 0 Å². The van der Waals surface area contributed by atoms with Gasteiger partial charge in [-0.15, -0.1) is 0 Å². The van der Waals surface area contributed by atoms with E-state index < -0.39 is 0 Å². The highest BCUT2D eigenvalue weighted by molar-refractivity contribution is 9.10. The molecule has 0 bridgehead atoms. The van der Waals surface area contributed by atoms with Crippen LogP contribution in [0.5, 0.6) is 5.75 Å². The van der Waals surface area contributed by atoms with E-state index in [0.717, 1.165) is 21.3 Å². The Morgan fingerprint density at radius 3 is 2.89 bits per heavy atom. The fourth-order valence-electron chi connectivity index (χ4n) is 1.90. The second-order valence-corrected chi connectivity index (χ2v) is 5.01. The van der Waals surface area contributed by atoms with Crippen LogP contribution in [-0.4, -0.2) is 12.1 Å². The minimum atomic E-state index is 0.527. The van der Waals surface area contributed by atoms with Gasteiger partial charge in [-0.3, -0.25) is 0 Å². The van der Waals surface area contributed by atoms with Gasteiger partial charge >= 0.3 is 0 Å². The Bertz CT molecular complexity index is 752. The summed E-state index contributed by atoms with van der Waals surface area (Å²) in [4.78, 5) is 4.45. The summed E-state index contributed by atoms with van der Waals surface area (Å²) in [5, 5.41) is 0. The van der Waals surface area contributed by atoms with Gasteiger partial charge in [0.1, 0.15) is 11.3 Å². The lowest BCUT2D eigenvalue weighted by Crippen LogP contribution is -1.84. The monoisotopic (exact) mass is 318 g/mol. The van der Waals surface area contributed by atoms with Crippen molar-refractivity contribution in [1.29, 1.82) is 0 Å². The van der Waals surface area contributed by atoms with Crippen LogP contribution < -0.4 is 10.5 Å². The number of anilines is 1. The van der Waals surface area contributed by atoms with E-state index in [2.05, 4.69) is 20.9 Å². The third-order valence-corrected chi connectivity index (χ3v) is 3.26. The zero-order chi connectivity index (χ0) is 13.4. The van der Waals surface area contributed by atoms with Crippen molar-refractivity contribution >= 4 is 32.7 Å². The standard InChI is InChI=1S/C14H11BrN2O2/c1-18-10-4-2-3-8(5-10)14-17-12-7-9(15)6-11(16)13(12)19-14/h2-7H,16H2,1H3. The molecular weight excluding hydrogens is 308 g/mol. The molecule has 3 aromatic rings. The molecule has 5 heteroatoms. The number of fused-ring (bicyclic) bond motifs is 1. The van der Waals surface area contributed by atoms with Gasteiger partial charge in [0.15, 0.2) is 5.58 Å². The lowest BCUT2D eigenvalue weighted by molar-refractivity contribution is 0.415. The predicted molar refractivity (Wildman–Crippen MR) is 78.1 cm³/mol. The maximum absolute atomic E-state index is 5.92. The van der Waals surface area contributed by atoms with E-state index in [1.54, 1.807) is 13.2 Å². The Kier molecular flexibility index (Phi) is 2.91. The smallest absolute Gasteiger partial charge is 0.227 e. The van der Waals surface area contributed by atoms with Gasteiger partial charge in [0, 0.05) is 10.0 Å². The van der Waals surface area contributed by atoms with Gasteiger partial charge in [0.2, 0.25) is 5.89 Å². The topological polar surface area (TPSA) is 61.3 Å². The Labute approximate surface area is 118 Å². The number of methoxy groups -OCH3 is 1. The van der Waals surface area contributed by atoms with Crippen LogP contribution in [0.3, 0.4) is 0 Å². The average Bonchev–Trinajstić information content (AvgIpc) is 2.83. The zero-order valence-electron chi connectivity index (χ0n) is 10.2. The van der Waals surface area contributed by atoms with Gasteiger partial charge < -0.3 is 14.9 Å². The zero-order valence-corrected chi connectivity index (χ0v) is 11.8. The molecule has 2 aromatic carbocycles. The van der Waals surface area contributed by atoms with Crippen LogP contribution in [0.15, 0.2) is 45.3 Å². The molecule has 0 aliphatic carbocycles. The third kappa shape index (κ3) is 2.17. The predicted octanol–water partition coefficient (Wildman–Crippen LogP) is 3.85. The number of nitrogens with two attached hydrogens (primary N) is 1. The van der Waals surface area contributed by atoms with Crippen molar-refractivity contribution in [1.82, 2.24) is 4.98 Å². The van der Waals surface area contributed by atoms with Crippen molar-refractivity contribution in [3.8, 4) is 17.2 Å². The summed E-state index contributed by atoms with van der Waals surface area (Å²) in [5.74, 6) is 1.28. The molecule has 0 saturated carbocycles. The number of ether oxygens (including phenoxy) is 1. The number of nitrogen functional groups attached to an aromatic ring is 1. The van der Waals surface area contributed by atoms with E-state index in [1.807, 2.05) is 30.3 Å². The van der Waals surface area contributed by atoms with Crippen molar-refractivity contribution in [2.24, 2.45) is 0 Å². The van der Waals surface area contributed by atoms with E-state index in [9.17, 15) is 0 Å². The Morgan fingerprint density at radius 2 is 2.11 bits per heavy atom. The Hall–Kier alpha value is -2.01. The second kappa shape index (κ2) is 4.59. The van der Waals surface area contributed by atoms with E-state index in [-0.39, 0.29) is 0 Å². The summed E-state index contributed by atoms with van der Waals surface area (Å²) in [6.07, 6.45) is 0. The molecule has 0 radical (unpaired) electrons. The summed E-state index contributed by atoms with van der Waals surface area (Å²) < 4.78 is 11.8. The van der Waals surface area contributed by atoms with Crippen molar-refractivity contribution in [2.75, 3.05) is 12.8 Å². The number of halogens is 1. The van der Waals surface area contributed by atoms with Gasteiger partial charge in [0.05, 0.1) is 12.8 Å². The molecule has 1 heterocycles. The molecule has 0 atom stereocenters. The quantitative estimate of drug-likeness (QED) is 0.729. The molecule has 4 nitrogen and oxygen atoms in total. The Morgan fingerprint density at radius 1 is 1.26 bits per heavy atom. The highest BCUT2D eigenvalue weighted by atomic mass is 79.9. The minimum Gasteiger partial charge on any atom is -0.497 e. The van der Waals surface area contributed by atoms with E-state index in [4.69, 9.17) is 14.9 Å². The van der Waals surface area contributed by atoms with Crippen LogP contribution in [0.4, 0.5) is 5.69 Å². The van der Waals surface area contributed by atoms with Crippen LogP contribution in [0.25, 0.3) is 22.6 Å². The number of hydrogen-bond acceptors (Lipinski definition) is 4. The fourth-order valence-corrected chi connectivity index (χ4v) is 2.37. The first-order valence-electron chi connectivity index (χ1n) is 5.67. The van der Waals surface area contributed by atoms with Crippen molar-refractivity contribution in [3.05, 3.63) is 40.9 Å². The first-order valence-corrected chi connectivity index (χ1v) is 6.46. The molecule has 2 N–H and O–H groups in total. The molecule has 19 heavy (non-hydrogen) atoms. The molecule has 0 saturated heterocycles. The number of aromatic nitrogens is 1. The van der Waals surface area contributed by atoms with Crippen molar-refractivity contribution < 1.29 is 9.15 Å². The Balaban J connectivity index is 2.17. The SMILES string of the molecule is COc1cccc(-c2nc3cc(Br)cc(N)c3o2)c1. The molecule has 1 aromatic heterocycles. The van der Waals surface area contributed by atoms with Gasteiger partial charge in [-0.1, -0.05) is 22.0 Å². The third-order valence-electron chi connectivity index (χ3n) is 2.80. The first kappa shape index (κ1) is 12.0. The number of oxazole rings is 1. The van der Waals surface area contributed by atoms with Crippen LogP contribution >= 0.6 is 15.9 Å².